The number of nitrogens with two attached hydrogens (primary N) is 1. The van der Waals surface area contributed by atoms with Gasteiger partial charge in [0, 0.05) is 25.9 Å². The Balaban J connectivity index is 2.58. The van der Waals surface area contributed by atoms with Crippen LogP contribution in [0, 0.1) is 0 Å². The molecule has 0 aliphatic rings. The highest BCUT2D eigenvalue weighted by molar-refractivity contribution is 5.40. The summed E-state index contributed by atoms with van der Waals surface area (Å²) in [4.78, 5) is 1.66. The Morgan fingerprint density at radius 1 is 1.41 bits per heavy atom. The first kappa shape index (κ1) is 13.9. The Morgan fingerprint density at radius 2 is 2.18 bits per heavy atom. The summed E-state index contributed by atoms with van der Waals surface area (Å²) in [6, 6.07) is 7.27. The van der Waals surface area contributed by atoms with Crippen LogP contribution in [0.4, 0.5) is 14.5 Å². The van der Waals surface area contributed by atoms with E-state index in [4.69, 9.17) is 10.5 Å². The molecule has 0 unspecified atom stereocenters. The van der Waals surface area contributed by atoms with Gasteiger partial charge in [0.15, 0.2) is 0 Å². The SMILES string of the molecule is COCCN(Cc1cccc(N)c1)CC(F)F. The van der Waals surface area contributed by atoms with E-state index in [0.717, 1.165) is 5.56 Å². The normalized spacial score (nSPS) is 11.4. The number of hydrogen-bond acceptors (Lipinski definition) is 3. The van der Waals surface area contributed by atoms with Gasteiger partial charge in [-0.1, -0.05) is 12.1 Å². The second-order valence-corrected chi connectivity index (χ2v) is 3.86. The number of benzene rings is 1. The zero-order valence-electron chi connectivity index (χ0n) is 9.90. The quantitative estimate of drug-likeness (QED) is 0.745. The van der Waals surface area contributed by atoms with Gasteiger partial charge in [0.25, 0.3) is 6.43 Å². The molecule has 3 nitrogen and oxygen atoms in total. The van der Waals surface area contributed by atoms with Crippen molar-refractivity contribution >= 4 is 5.69 Å². The molecule has 2 N–H and O–H groups in total. The maximum Gasteiger partial charge on any atom is 0.251 e. The number of rotatable bonds is 7. The Bertz CT molecular complexity index is 334. The van der Waals surface area contributed by atoms with E-state index in [1.807, 2.05) is 12.1 Å². The van der Waals surface area contributed by atoms with Crippen molar-refractivity contribution in [2.24, 2.45) is 0 Å². The molecule has 0 bridgehead atoms. The topological polar surface area (TPSA) is 38.5 Å². The summed E-state index contributed by atoms with van der Waals surface area (Å²) in [5.41, 5.74) is 7.22. The van der Waals surface area contributed by atoms with E-state index in [0.29, 0.717) is 25.4 Å². The van der Waals surface area contributed by atoms with Crippen LogP contribution in [-0.4, -0.2) is 38.1 Å². The van der Waals surface area contributed by atoms with Crippen molar-refractivity contribution in [2.75, 3.05) is 32.5 Å². The van der Waals surface area contributed by atoms with Crippen LogP contribution in [0.1, 0.15) is 5.56 Å². The first-order valence-electron chi connectivity index (χ1n) is 5.45. The smallest absolute Gasteiger partial charge is 0.251 e. The zero-order chi connectivity index (χ0) is 12.7. The van der Waals surface area contributed by atoms with Crippen LogP contribution < -0.4 is 5.73 Å². The molecule has 0 saturated heterocycles. The maximum atomic E-state index is 12.4. The van der Waals surface area contributed by atoms with E-state index in [1.165, 1.54) is 0 Å². The highest BCUT2D eigenvalue weighted by Gasteiger charge is 2.12. The van der Waals surface area contributed by atoms with Gasteiger partial charge in [-0.2, -0.15) is 0 Å². The molecule has 17 heavy (non-hydrogen) atoms. The molecule has 0 spiro atoms. The number of nitrogen functional groups attached to an aromatic ring is 1. The fraction of sp³-hybridized carbons (Fsp3) is 0.500. The zero-order valence-corrected chi connectivity index (χ0v) is 9.90. The predicted octanol–water partition coefficient (Wildman–Crippen LogP) is 1.98. The third-order valence-corrected chi connectivity index (χ3v) is 2.37. The van der Waals surface area contributed by atoms with Crippen molar-refractivity contribution in [1.29, 1.82) is 0 Å². The summed E-state index contributed by atoms with van der Waals surface area (Å²) >= 11 is 0. The highest BCUT2D eigenvalue weighted by atomic mass is 19.3. The summed E-state index contributed by atoms with van der Waals surface area (Å²) in [7, 11) is 1.56. The number of halogens is 2. The third kappa shape index (κ3) is 5.60. The fourth-order valence-electron chi connectivity index (χ4n) is 1.60. The van der Waals surface area contributed by atoms with Crippen LogP contribution >= 0.6 is 0 Å². The standard InChI is InChI=1S/C12H18F2N2O/c1-17-6-5-16(9-12(13)14)8-10-3-2-4-11(15)7-10/h2-4,7,12H,5-6,8-9,15H2,1H3. The number of nitrogens with zero attached hydrogens (tertiary/aromatic N) is 1. The number of hydrogen-bond donors (Lipinski definition) is 1. The average molecular weight is 244 g/mol. The molecule has 0 aliphatic carbocycles. The van der Waals surface area contributed by atoms with Crippen molar-refractivity contribution in [1.82, 2.24) is 4.90 Å². The molecule has 0 amide bonds. The molecule has 0 radical (unpaired) electrons. The number of alkyl halides is 2. The molecule has 0 heterocycles. The molecule has 1 aromatic rings. The second-order valence-electron chi connectivity index (χ2n) is 3.86. The van der Waals surface area contributed by atoms with Crippen molar-refractivity contribution < 1.29 is 13.5 Å². The van der Waals surface area contributed by atoms with Crippen LogP contribution in [0.3, 0.4) is 0 Å². The Labute approximate surface area is 100 Å². The first-order chi connectivity index (χ1) is 8.11. The van der Waals surface area contributed by atoms with Gasteiger partial charge >= 0.3 is 0 Å². The molecule has 0 fully saturated rings. The lowest BCUT2D eigenvalue weighted by Crippen LogP contribution is -2.31. The van der Waals surface area contributed by atoms with Crippen LogP contribution in [0.2, 0.25) is 0 Å². The van der Waals surface area contributed by atoms with Crippen molar-refractivity contribution in [3.05, 3.63) is 29.8 Å². The average Bonchev–Trinajstić information content (AvgIpc) is 2.25. The fourth-order valence-corrected chi connectivity index (χ4v) is 1.60. The van der Waals surface area contributed by atoms with Crippen molar-refractivity contribution in [2.45, 2.75) is 13.0 Å². The van der Waals surface area contributed by atoms with Crippen LogP contribution in [0.15, 0.2) is 24.3 Å². The second kappa shape index (κ2) is 7.19. The van der Waals surface area contributed by atoms with Gasteiger partial charge in [-0.05, 0) is 17.7 Å². The summed E-state index contributed by atoms with van der Waals surface area (Å²) in [5.74, 6) is 0. The minimum atomic E-state index is -2.34. The highest BCUT2D eigenvalue weighted by Crippen LogP contribution is 2.10. The van der Waals surface area contributed by atoms with Gasteiger partial charge < -0.3 is 10.5 Å². The van der Waals surface area contributed by atoms with E-state index >= 15 is 0 Å². The van der Waals surface area contributed by atoms with E-state index < -0.39 is 6.43 Å². The third-order valence-electron chi connectivity index (χ3n) is 2.37. The molecule has 1 rings (SSSR count). The summed E-state index contributed by atoms with van der Waals surface area (Å²) in [6.45, 7) is 1.13. The van der Waals surface area contributed by atoms with Crippen molar-refractivity contribution in [3.63, 3.8) is 0 Å². The summed E-state index contributed by atoms with van der Waals surface area (Å²) < 4.78 is 29.7. The van der Waals surface area contributed by atoms with Crippen LogP contribution in [0.25, 0.3) is 0 Å². The Hall–Kier alpha value is -1.20. The molecule has 0 atom stereocenters. The largest absolute Gasteiger partial charge is 0.399 e. The van der Waals surface area contributed by atoms with Crippen LogP contribution in [0.5, 0.6) is 0 Å². The number of anilines is 1. The van der Waals surface area contributed by atoms with E-state index in [9.17, 15) is 8.78 Å². The van der Waals surface area contributed by atoms with Gasteiger partial charge in [0.05, 0.1) is 13.2 Å². The predicted molar refractivity (Wildman–Crippen MR) is 64.0 cm³/mol. The Kier molecular flexibility index (Phi) is 5.86. The molecule has 5 heteroatoms. The minimum absolute atomic E-state index is 0.252. The van der Waals surface area contributed by atoms with Gasteiger partial charge in [-0.3, -0.25) is 4.90 Å². The lowest BCUT2D eigenvalue weighted by molar-refractivity contribution is 0.0671. The molecule has 0 aliphatic heterocycles. The summed E-state index contributed by atoms with van der Waals surface area (Å²) in [5, 5.41) is 0. The molecular weight excluding hydrogens is 226 g/mol. The van der Waals surface area contributed by atoms with Crippen molar-refractivity contribution in [3.8, 4) is 0 Å². The molecule has 96 valence electrons. The van der Waals surface area contributed by atoms with Gasteiger partial charge in [0.2, 0.25) is 0 Å². The van der Waals surface area contributed by atoms with Gasteiger partial charge in [0.1, 0.15) is 0 Å². The van der Waals surface area contributed by atoms with Gasteiger partial charge in [-0.15, -0.1) is 0 Å². The van der Waals surface area contributed by atoms with Crippen LogP contribution in [-0.2, 0) is 11.3 Å². The molecule has 1 aromatic carbocycles. The molecular formula is C12H18F2N2O. The molecule has 0 saturated carbocycles. The maximum absolute atomic E-state index is 12.4. The van der Waals surface area contributed by atoms with E-state index in [-0.39, 0.29) is 6.54 Å². The molecule has 0 aromatic heterocycles. The summed E-state index contributed by atoms with van der Waals surface area (Å²) in [6.07, 6.45) is -2.34. The Morgan fingerprint density at radius 3 is 2.76 bits per heavy atom. The lowest BCUT2D eigenvalue weighted by atomic mass is 10.2. The lowest BCUT2D eigenvalue weighted by Gasteiger charge is -2.21. The number of methoxy groups -OCH3 is 1. The minimum Gasteiger partial charge on any atom is -0.399 e. The van der Waals surface area contributed by atoms with Gasteiger partial charge in [-0.25, -0.2) is 8.78 Å². The van der Waals surface area contributed by atoms with E-state index in [1.54, 1.807) is 24.1 Å². The van der Waals surface area contributed by atoms with E-state index in [2.05, 4.69) is 0 Å². The monoisotopic (exact) mass is 244 g/mol. The number of ether oxygens (including phenoxy) is 1. The first-order valence-corrected chi connectivity index (χ1v) is 5.45.